The molecule has 0 bridgehead atoms. The van der Waals surface area contributed by atoms with Gasteiger partial charge in [0, 0.05) is 24.1 Å². The summed E-state index contributed by atoms with van der Waals surface area (Å²) in [4.78, 5) is 42.5. The van der Waals surface area contributed by atoms with Crippen molar-refractivity contribution in [1.82, 2.24) is 20.4 Å². The maximum atomic E-state index is 12.8. The van der Waals surface area contributed by atoms with E-state index in [1.807, 2.05) is 0 Å². The van der Waals surface area contributed by atoms with Gasteiger partial charge < -0.3 is 9.47 Å². The zero-order valence-electron chi connectivity index (χ0n) is 17.9. The van der Waals surface area contributed by atoms with Crippen LogP contribution >= 0.6 is 0 Å². The van der Waals surface area contributed by atoms with E-state index in [1.54, 1.807) is 34.9 Å². The highest BCUT2D eigenvalue weighted by atomic mass is 16.5. The average molecular weight is 436 g/mol. The van der Waals surface area contributed by atoms with E-state index in [0.717, 1.165) is 31.5 Å². The van der Waals surface area contributed by atoms with Crippen molar-refractivity contribution in [2.24, 2.45) is 0 Å². The van der Waals surface area contributed by atoms with Gasteiger partial charge in [0.15, 0.2) is 11.5 Å². The van der Waals surface area contributed by atoms with Crippen molar-refractivity contribution in [3.63, 3.8) is 0 Å². The van der Waals surface area contributed by atoms with Crippen LogP contribution in [-0.2, 0) is 13.0 Å². The van der Waals surface area contributed by atoms with Crippen LogP contribution in [0.15, 0.2) is 41.2 Å². The van der Waals surface area contributed by atoms with E-state index in [4.69, 9.17) is 9.47 Å². The number of amides is 2. The molecule has 2 N–H and O–H groups in total. The van der Waals surface area contributed by atoms with Crippen molar-refractivity contribution in [3.8, 4) is 11.5 Å². The van der Waals surface area contributed by atoms with Gasteiger partial charge >= 0.3 is 0 Å². The van der Waals surface area contributed by atoms with Crippen LogP contribution in [0.25, 0.3) is 10.9 Å². The van der Waals surface area contributed by atoms with E-state index in [1.165, 1.54) is 20.3 Å². The second kappa shape index (κ2) is 9.09. The summed E-state index contributed by atoms with van der Waals surface area (Å²) in [6.07, 6.45) is 3.75. The molecule has 3 aromatic rings. The average Bonchev–Trinajstić information content (AvgIpc) is 3.07. The molecule has 2 heterocycles. The van der Waals surface area contributed by atoms with Crippen molar-refractivity contribution in [2.45, 2.75) is 32.2 Å². The third-order valence-corrected chi connectivity index (χ3v) is 5.51. The highest BCUT2D eigenvalue weighted by Gasteiger charge is 2.16. The van der Waals surface area contributed by atoms with E-state index in [-0.39, 0.29) is 11.1 Å². The number of nitrogens with one attached hydrogen (secondary N) is 2. The fraction of sp³-hybridized carbons (Fsp3) is 0.304. The van der Waals surface area contributed by atoms with Gasteiger partial charge in [-0.05, 0) is 49.2 Å². The smallest absolute Gasteiger partial charge is 0.269 e. The maximum absolute atomic E-state index is 12.8. The molecule has 0 spiro atoms. The van der Waals surface area contributed by atoms with E-state index in [9.17, 15) is 14.4 Å². The molecule has 0 saturated heterocycles. The van der Waals surface area contributed by atoms with E-state index < -0.39 is 11.8 Å². The van der Waals surface area contributed by atoms with Crippen LogP contribution in [0.3, 0.4) is 0 Å². The summed E-state index contributed by atoms with van der Waals surface area (Å²) in [6.45, 7) is 0.668. The van der Waals surface area contributed by atoms with Crippen LogP contribution in [0.1, 0.15) is 45.8 Å². The van der Waals surface area contributed by atoms with Gasteiger partial charge in [-0.2, -0.15) is 0 Å². The van der Waals surface area contributed by atoms with Gasteiger partial charge in [0.25, 0.3) is 17.4 Å². The SMILES string of the molecule is COc1ccc(C(=O)NNC(=O)c2ccc3c(=O)n4c(nc3c2)CCCCC4)cc1OC. The van der Waals surface area contributed by atoms with Gasteiger partial charge in [-0.15, -0.1) is 0 Å². The quantitative estimate of drug-likeness (QED) is 0.607. The fourth-order valence-corrected chi connectivity index (χ4v) is 3.79. The summed E-state index contributed by atoms with van der Waals surface area (Å²) in [5.74, 6) is 0.613. The molecule has 1 aliphatic rings. The summed E-state index contributed by atoms with van der Waals surface area (Å²) in [5, 5.41) is 0.474. The Bertz CT molecular complexity index is 1250. The normalized spacial score (nSPS) is 13.1. The zero-order chi connectivity index (χ0) is 22.7. The lowest BCUT2D eigenvalue weighted by Crippen LogP contribution is -2.41. The van der Waals surface area contributed by atoms with Crippen LogP contribution in [0, 0.1) is 0 Å². The molecule has 166 valence electrons. The number of methoxy groups -OCH3 is 2. The first kappa shape index (κ1) is 21.4. The second-order valence-electron chi connectivity index (χ2n) is 7.51. The van der Waals surface area contributed by atoms with Gasteiger partial charge in [-0.3, -0.25) is 29.8 Å². The van der Waals surface area contributed by atoms with Gasteiger partial charge in [-0.25, -0.2) is 4.98 Å². The van der Waals surface area contributed by atoms with Crippen molar-refractivity contribution in [1.29, 1.82) is 0 Å². The van der Waals surface area contributed by atoms with Crippen LogP contribution < -0.4 is 25.9 Å². The lowest BCUT2D eigenvalue weighted by atomic mass is 10.1. The van der Waals surface area contributed by atoms with Crippen LogP contribution in [-0.4, -0.2) is 35.6 Å². The van der Waals surface area contributed by atoms with Crippen LogP contribution in [0.5, 0.6) is 11.5 Å². The minimum Gasteiger partial charge on any atom is -0.493 e. The standard InChI is InChI=1S/C23H24N4O5/c1-31-18-10-8-15(13-19(18)32-2)22(29)26-25-21(28)14-7-9-16-17(12-14)24-20-6-4-3-5-11-27(20)23(16)30/h7-10,12-13H,3-6,11H2,1-2H3,(H,25,28)(H,26,29). The van der Waals surface area contributed by atoms with Gasteiger partial charge in [0.1, 0.15) is 5.82 Å². The van der Waals surface area contributed by atoms with Crippen molar-refractivity contribution in [3.05, 3.63) is 63.7 Å². The predicted octanol–water partition coefficient (Wildman–Crippen LogP) is 2.21. The van der Waals surface area contributed by atoms with Crippen LogP contribution in [0.2, 0.25) is 0 Å². The Morgan fingerprint density at radius 3 is 2.31 bits per heavy atom. The molecular weight excluding hydrogens is 412 g/mol. The van der Waals surface area contributed by atoms with Crippen LogP contribution in [0.4, 0.5) is 0 Å². The number of carbonyl (C=O) groups excluding carboxylic acids is 2. The molecule has 2 amide bonds. The number of hydrogen-bond donors (Lipinski definition) is 2. The lowest BCUT2D eigenvalue weighted by molar-refractivity contribution is 0.0846. The van der Waals surface area contributed by atoms with E-state index in [0.29, 0.717) is 34.5 Å². The molecule has 32 heavy (non-hydrogen) atoms. The fourth-order valence-electron chi connectivity index (χ4n) is 3.79. The second-order valence-corrected chi connectivity index (χ2v) is 7.51. The Morgan fingerprint density at radius 1 is 0.906 bits per heavy atom. The highest BCUT2D eigenvalue weighted by Crippen LogP contribution is 2.27. The first-order chi connectivity index (χ1) is 15.5. The van der Waals surface area contributed by atoms with E-state index in [2.05, 4.69) is 15.8 Å². The number of rotatable bonds is 4. The molecule has 2 aromatic carbocycles. The molecule has 1 aliphatic heterocycles. The Hall–Kier alpha value is -3.88. The molecule has 0 saturated carbocycles. The van der Waals surface area contributed by atoms with Gasteiger partial charge in [0.2, 0.25) is 0 Å². The summed E-state index contributed by atoms with van der Waals surface area (Å²) in [5.41, 5.74) is 5.75. The summed E-state index contributed by atoms with van der Waals surface area (Å²) >= 11 is 0. The lowest BCUT2D eigenvalue weighted by Gasteiger charge is -2.12. The first-order valence-corrected chi connectivity index (χ1v) is 10.4. The maximum Gasteiger partial charge on any atom is 0.269 e. The molecule has 4 rings (SSSR count). The number of fused-ring (bicyclic) bond motifs is 2. The first-order valence-electron chi connectivity index (χ1n) is 10.4. The number of nitrogens with zero attached hydrogens (tertiary/aromatic N) is 2. The summed E-state index contributed by atoms with van der Waals surface area (Å²) < 4.78 is 12.1. The minimum atomic E-state index is -0.516. The summed E-state index contributed by atoms with van der Waals surface area (Å²) in [6, 6.07) is 9.40. The highest BCUT2D eigenvalue weighted by molar-refractivity contribution is 6.01. The largest absolute Gasteiger partial charge is 0.493 e. The van der Waals surface area contributed by atoms with Crippen molar-refractivity contribution < 1.29 is 19.1 Å². The Kier molecular flexibility index (Phi) is 6.07. The zero-order valence-corrected chi connectivity index (χ0v) is 17.9. The number of hydrazine groups is 1. The van der Waals surface area contributed by atoms with Gasteiger partial charge in [0.05, 0.1) is 25.1 Å². The molecule has 0 radical (unpaired) electrons. The Morgan fingerprint density at radius 2 is 1.59 bits per heavy atom. The molecule has 1 aromatic heterocycles. The van der Waals surface area contributed by atoms with Crippen molar-refractivity contribution >= 4 is 22.7 Å². The Labute approximate surface area is 184 Å². The molecule has 0 aliphatic carbocycles. The van der Waals surface area contributed by atoms with Crippen molar-refractivity contribution in [2.75, 3.05) is 14.2 Å². The number of benzene rings is 2. The topological polar surface area (TPSA) is 112 Å². The monoisotopic (exact) mass is 436 g/mol. The Balaban J connectivity index is 1.51. The number of aryl methyl sites for hydroxylation is 1. The number of carbonyl (C=O) groups is 2. The van der Waals surface area contributed by atoms with Gasteiger partial charge in [-0.1, -0.05) is 6.42 Å². The number of ether oxygens (including phenoxy) is 2. The number of aromatic nitrogens is 2. The molecule has 9 heteroatoms. The number of hydrogen-bond acceptors (Lipinski definition) is 6. The molecule has 0 fully saturated rings. The molecule has 0 atom stereocenters. The predicted molar refractivity (Wildman–Crippen MR) is 118 cm³/mol. The molecular formula is C23H24N4O5. The van der Waals surface area contributed by atoms with E-state index >= 15 is 0 Å². The molecule has 0 unspecified atom stereocenters. The minimum absolute atomic E-state index is 0.0828. The summed E-state index contributed by atoms with van der Waals surface area (Å²) in [7, 11) is 2.97. The third-order valence-electron chi connectivity index (χ3n) is 5.51. The third kappa shape index (κ3) is 4.14. The molecule has 9 nitrogen and oxygen atoms in total.